The van der Waals surface area contributed by atoms with Gasteiger partial charge in [0.1, 0.15) is 11.5 Å². The van der Waals surface area contributed by atoms with Crippen molar-refractivity contribution in [3.05, 3.63) is 23.3 Å². The highest BCUT2D eigenvalue weighted by Gasteiger charge is 2.39. The molecule has 1 aliphatic carbocycles. The minimum absolute atomic E-state index is 0.261. The fourth-order valence-corrected chi connectivity index (χ4v) is 2.38. The minimum Gasteiger partial charge on any atom is -0.496 e. The quantitative estimate of drug-likeness (QED) is 0.852. The molecule has 1 aliphatic rings. The highest BCUT2D eigenvalue weighted by atomic mass is 16.5. The van der Waals surface area contributed by atoms with E-state index in [1.54, 1.807) is 14.2 Å². The first kappa shape index (κ1) is 11.3. The summed E-state index contributed by atoms with van der Waals surface area (Å²) in [5, 5.41) is 0. The van der Waals surface area contributed by atoms with Crippen molar-refractivity contribution in [1.29, 1.82) is 0 Å². The van der Waals surface area contributed by atoms with Crippen LogP contribution >= 0.6 is 0 Å². The summed E-state index contributed by atoms with van der Waals surface area (Å²) >= 11 is 0. The number of rotatable bonds is 3. The fraction of sp³-hybridized carbons (Fsp3) is 0.538. The van der Waals surface area contributed by atoms with Crippen molar-refractivity contribution in [2.45, 2.75) is 31.7 Å². The molecule has 0 aromatic heterocycles. The molecule has 1 saturated carbocycles. The van der Waals surface area contributed by atoms with E-state index in [9.17, 15) is 0 Å². The van der Waals surface area contributed by atoms with Crippen LogP contribution in [0.4, 0.5) is 0 Å². The Morgan fingerprint density at radius 2 is 1.88 bits per heavy atom. The zero-order valence-electron chi connectivity index (χ0n) is 10.2. The summed E-state index contributed by atoms with van der Waals surface area (Å²) in [6, 6.07) is 3.98. The van der Waals surface area contributed by atoms with E-state index in [0.717, 1.165) is 35.5 Å². The average molecular weight is 221 g/mol. The van der Waals surface area contributed by atoms with Gasteiger partial charge in [-0.3, -0.25) is 0 Å². The van der Waals surface area contributed by atoms with Gasteiger partial charge >= 0.3 is 0 Å². The SMILES string of the molecule is COc1ccc(C)c(OC)c1C1(N)CCC1. The summed E-state index contributed by atoms with van der Waals surface area (Å²) in [6.07, 6.45) is 3.18. The van der Waals surface area contributed by atoms with Gasteiger partial charge < -0.3 is 15.2 Å². The van der Waals surface area contributed by atoms with Crippen LogP contribution in [0.1, 0.15) is 30.4 Å². The molecule has 0 heterocycles. The summed E-state index contributed by atoms with van der Waals surface area (Å²) in [6.45, 7) is 2.03. The van der Waals surface area contributed by atoms with Gasteiger partial charge in [0.2, 0.25) is 0 Å². The van der Waals surface area contributed by atoms with Crippen LogP contribution in [0.5, 0.6) is 11.5 Å². The molecule has 0 radical (unpaired) electrons. The zero-order valence-corrected chi connectivity index (χ0v) is 10.2. The third-order valence-electron chi connectivity index (χ3n) is 3.48. The van der Waals surface area contributed by atoms with Crippen molar-refractivity contribution in [3.8, 4) is 11.5 Å². The monoisotopic (exact) mass is 221 g/mol. The van der Waals surface area contributed by atoms with Crippen LogP contribution in [-0.4, -0.2) is 14.2 Å². The second-order valence-electron chi connectivity index (χ2n) is 4.50. The third-order valence-corrected chi connectivity index (χ3v) is 3.48. The number of ether oxygens (including phenoxy) is 2. The van der Waals surface area contributed by atoms with E-state index < -0.39 is 0 Å². The number of benzene rings is 1. The maximum Gasteiger partial charge on any atom is 0.130 e. The van der Waals surface area contributed by atoms with E-state index in [1.165, 1.54) is 6.42 Å². The van der Waals surface area contributed by atoms with Crippen LogP contribution in [0.25, 0.3) is 0 Å². The fourth-order valence-electron chi connectivity index (χ4n) is 2.38. The molecule has 16 heavy (non-hydrogen) atoms. The standard InChI is InChI=1S/C13H19NO2/c1-9-5-6-10(15-2)11(12(9)16-3)13(14)7-4-8-13/h5-6H,4,7-8,14H2,1-3H3. The van der Waals surface area contributed by atoms with Gasteiger partial charge in [-0.1, -0.05) is 6.07 Å². The molecule has 0 spiro atoms. The van der Waals surface area contributed by atoms with Crippen molar-refractivity contribution in [2.75, 3.05) is 14.2 Å². The van der Waals surface area contributed by atoms with Crippen LogP contribution < -0.4 is 15.2 Å². The Bertz CT molecular complexity index is 397. The molecule has 0 saturated heterocycles. The molecular weight excluding hydrogens is 202 g/mol. The van der Waals surface area contributed by atoms with Gasteiger partial charge in [-0.25, -0.2) is 0 Å². The molecule has 0 amide bonds. The van der Waals surface area contributed by atoms with Gasteiger partial charge in [0.05, 0.1) is 19.8 Å². The minimum atomic E-state index is -0.261. The summed E-state index contributed by atoms with van der Waals surface area (Å²) < 4.78 is 10.9. The van der Waals surface area contributed by atoms with E-state index in [0.29, 0.717) is 0 Å². The predicted octanol–water partition coefficient (Wildman–Crippen LogP) is 2.35. The molecule has 1 fully saturated rings. The second kappa shape index (κ2) is 3.98. The molecule has 0 atom stereocenters. The van der Waals surface area contributed by atoms with Crippen molar-refractivity contribution in [2.24, 2.45) is 5.73 Å². The topological polar surface area (TPSA) is 44.5 Å². The van der Waals surface area contributed by atoms with Gasteiger partial charge in [-0.05, 0) is 37.8 Å². The van der Waals surface area contributed by atoms with Gasteiger partial charge in [0.25, 0.3) is 0 Å². The Labute approximate surface area is 96.5 Å². The predicted molar refractivity (Wildman–Crippen MR) is 64.0 cm³/mol. The molecule has 0 aliphatic heterocycles. The molecule has 0 bridgehead atoms. The summed E-state index contributed by atoms with van der Waals surface area (Å²) in [5.74, 6) is 1.71. The summed E-state index contributed by atoms with van der Waals surface area (Å²) in [7, 11) is 3.36. The van der Waals surface area contributed by atoms with E-state index in [2.05, 4.69) is 0 Å². The third kappa shape index (κ3) is 1.55. The Balaban J connectivity index is 2.58. The van der Waals surface area contributed by atoms with Crippen molar-refractivity contribution in [1.82, 2.24) is 0 Å². The van der Waals surface area contributed by atoms with Crippen molar-refractivity contribution < 1.29 is 9.47 Å². The summed E-state index contributed by atoms with van der Waals surface area (Å²) in [4.78, 5) is 0. The molecule has 3 nitrogen and oxygen atoms in total. The van der Waals surface area contributed by atoms with Crippen molar-refractivity contribution in [3.63, 3.8) is 0 Å². The molecule has 2 rings (SSSR count). The number of hydrogen-bond acceptors (Lipinski definition) is 3. The van der Waals surface area contributed by atoms with E-state index in [1.807, 2.05) is 19.1 Å². The van der Waals surface area contributed by atoms with Crippen LogP contribution in [0, 0.1) is 6.92 Å². The van der Waals surface area contributed by atoms with E-state index in [4.69, 9.17) is 15.2 Å². The number of hydrogen-bond donors (Lipinski definition) is 1. The lowest BCUT2D eigenvalue weighted by Crippen LogP contribution is -2.43. The molecular formula is C13H19NO2. The molecule has 3 heteroatoms. The number of nitrogens with two attached hydrogens (primary N) is 1. The maximum atomic E-state index is 6.39. The summed E-state index contributed by atoms with van der Waals surface area (Å²) in [5.41, 5.74) is 8.26. The lowest BCUT2D eigenvalue weighted by Gasteiger charge is -2.40. The zero-order chi connectivity index (χ0) is 11.8. The Morgan fingerprint density at radius 1 is 1.19 bits per heavy atom. The first-order chi connectivity index (χ1) is 7.62. The van der Waals surface area contributed by atoms with Gasteiger partial charge in [-0.15, -0.1) is 0 Å². The van der Waals surface area contributed by atoms with Crippen LogP contribution in [0.3, 0.4) is 0 Å². The largest absolute Gasteiger partial charge is 0.496 e. The molecule has 1 aromatic carbocycles. The lowest BCUT2D eigenvalue weighted by molar-refractivity contribution is 0.233. The molecule has 0 unspecified atom stereocenters. The smallest absolute Gasteiger partial charge is 0.130 e. The number of methoxy groups -OCH3 is 2. The van der Waals surface area contributed by atoms with Crippen LogP contribution in [-0.2, 0) is 5.54 Å². The first-order valence-electron chi connectivity index (χ1n) is 5.63. The normalized spacial score (nSPS) is 17.8. The van der Waals surface area contributed by atoms with Gasteiger partial charge in [-0.2, -0.15) is 0 Å². The number of aryl methyl sites for hydroxylation is 1. The average Bonchev–Trinajstić information content (AvgIpc) is 2.25. The molecule has 88 valence electrons. The van der Waals surface area contributed by atoms with Crippen molar-refractivity contribution >= 4 is 0 Å². The lowest BCUT2D eigenvalue weighted by atomic mass is 9.71. The van der Waals surface area contributed by atoms with Gasteiger partial charge in [0.15, 0.2) is 0 Å². The molecule has 2 N–H and O–H groups in total. The van der Waals surface area contributed by atoms with E-state index >= 15 is 0 Å². The Kier molecular flexibility index (Phi) is 2.80. The maximum absolute atomic E-state index is 6.39. The first-order valence-corrected chi connectivity index (χ1v) is 5.63. The molecule has 1 aromatic rings. The van der Waals surface area contributed by atoms with Crippen LogP contribution in [0.2, 0.25) is 0 Å². The van der Waals surface area contributed by atoms with Crippen LogP contribution in [0.15, 0.2) is 12.1 Å². The van der Waals surface area contributed by atoms with E-state index in [-0.39, 0.29) is 5.54 Å². The van der Waals surface area contributed by atoms with Gasteiger partial charge in [0, 0.05) is 5.54 Å². The highest BCUT2D eigenvalue weighted by molar-refractivity contribution is 5.54. The highest BCUT2D eigenvalue weighted by Crippen LogP contribution is 2.48. The Morgan fingerprint density at radius 3 is 2.31 bits per heavy atom. The second-order valence-corrected chi connectivity index (χ2v) is 4.50. The Hall–Kier alpha value is -1.22.